The van der Waals surface area contributed by atoms with Crippen LogP contribution in [0, 0.1) is 5.92 Å². The Bertz CT molecular complexity index is 1300. The maximum atomic E-state index is 5.48. The van der Waals surface area contributed by atoms with E-state index in [1.807, 2.05) is 33.8 Å². The summed E-state index contributed by atoms with van der Waals surface area (Å²) >= 11 is 0. The lowest BCUT2D eigenvalue weighted by atomic mass is 10.2. The van der Waals surface area contributed by atoms with E-state index in [-0.39, 0.29) is 5.92 Å². The summed E-state index contributed by atoms with van der Waals surface area (Å²) in [5.74, 6) is 4.70. The highest BCUT2D eigenvalue weighted by Crippen LogP contribution is 2.39. The van der Waals surface area contributed by atoms with Crippen molar-refractivity contribution in [1.29, 1.82) is 0 Å². The van der Waals surface area contributed by atoms with Crippen molar-refractivity contribution in [1.82, 2.24) is 29.3 Å². The van der Waals surface area contributed by atoms with Gasteiger partial charge in [-0.15, -0.1) is 0 Å². The zero-order chi connectivity index (χ0) is 23.8. The SMILES string of the molecule is COc1cc(-n2cnc(Nc3nc(C(C)C)nc4c3cnn4CC3CC3)c2)cc(OC)c1OC. The van der Waals surface area contributed by atoms with Crippen molar-refractivity contribution < 1.29 is 14.2 Å². The first-order valence-corrected chi connectivity index (χ1v) is 11.4. The summed E-state index contributed by atoms with van der Waals surface area (Å²) in [6.07, 6.45) is 7.96. The molecular formula is C24H29N7O3. The number of hydrogen-bond donors (Lipinski definition) is 1. The predicted octanol–water partition coefficient (Wildman–Crippen LogP) is 4.31. The molecule has 1 aliphatic rings. The molecule has 34 heavy (non-hydrogen) atoms. The van der Waals surface area contributed by atoms with E-state index in [1.165, 1.54) is 12.8 Å². The topological polar surface area (TPSA) is 101 Å². The molecule has 0 atom stereocenters. The number of imidazole rings is 1. The minimum Gasteiger partial charge on any atom is -0.493 e. The molecule has 0 radical (unpaired) electrons. The van der Waals surface area contributed by atoms with E-state index in [4.69, 9.17) is 24.2 Å². The fourth-order valence-electron chi connectivity index (χ4n) is 3.87. The molecule has 5 rings (SSSR count). The molecule has 0 spiro atoms. The van der Waals surface area contributed by atoms with Crippen LogP contribution in [0.2, 0.25) is 0 Å². The van der Waals surface area contributed by atoms with Crippen LogP contribution in [-0.2, 0) is 6.54 Å². The summed E-state index contributed by atoms with van der Waals surface area (Å²) in [6.45, 7) is 5.07. The lowest BCUT2D eigenvalue weighted by Gasteiger charge is -2.14. The summed E-state index contributed by atoms with van der Waals surface area (Å²) in [5.41, 5.74) is 1.68. The molecule has 1 aliphatic carbocycles. The number of aromatic nitrogens is 6. The van der Waals surface area contributed by atoms with Gasteiger partial charge in [-0.05, 0) is 18.8 Å². The highest BCUT2D eigenvalue weighted by atomic mass is 16.5. The van der Waals surface area contributed by atoms with Crippen molar-refractivity contribution in [3.8, 4) is 22.9 Å². The molecule has 0 saturated heterocycles. The number of rotatable bonds is 9. The molecule has 0 amide bonds. The van der Waals surface area contributed by atoms with E-state index in [1.54, 1.807) is 27.7 Å². The van der Waals surface area contributed by atoms with E-state index in [2.05, 4.69) is 29.2 Å². The molecule has 3 heterocycles. The van der Waals surface area contributed by atoms with Gasteiger partial charge in [-0.1, -0.05) is 13.8 Å². The Labute approximate surface area is 197 Å². The average molecular weight is 464 g/mol. The van der Waals surface area contributed by atoms with E-state index in [0.717, 1.165) is 29.1 Å². The van der Waals surface area contributed by atoms with Gasteiger partial charge in [-0.3, -0.25) is 0 Å². The molecule has 1 N–H and O–H groups in total. The van der Waals surface area contributed by atoms with Crippen molar-refractivity contribution >= 4 is 22.7 Å². The number of fused-ring (bicyclic) bond motifs is 1. The van der Waals surface area contributed by atoms with Crippen molar-refractivity contribution in [2.75, 3.05) is 26.6 Å². The van der Waals surface area contributed by atoms with Gasteiger partial charge in [0.2, 0.25) is 5.75 Å². The van der Waals surface area contributed by atoms with E-state index < -0.39 is 0 Å². The summed E-state index contributed by atoms with van der Waals surface area (Å²) in [5, 5.41) is 8.85. The number of methoxy groups -OCH3 is 3. The van der Waals surface area contributed by atoms with Crippen LogP contribution >= 0.6 is 0 Å². The van der Waals surface area contributed by atoms with Crippen molar-refractivity contribution in [2.24, 2.45) is 5.92 Å². The van der Waals surface area contributed by atoms with Crippen LogP contribution < -0.4 is 19.5 Å². The van der Waals surface area contributed by atoms with Gasteiger partial charge in [0.15, 0.2) is 17.1 Å². The summed E-state index contributed by atoms with van der Waals surface area (Å²) < 4.78 is 20.3. The standard InChI is InChI=1S/C24H29N7O3/c1-14(2)22-28-23(17-10-26-31(24(17)29-22)11-15-6-7-15)27-20-12-30(13-25-20)16-8-18(32-3)21(34-5)19(9-16)33-4/h8-10,12-15H,6-7,11H2,1-5H3,(H,27,28,29). The van der Waals surface area contributed by atoms with Gasteiger partial charge < -0.3 is 24.1 Å². The number of benzene rings is 1. The van der Waals surface area contributed by atoms with Crippen molar-refractivity contribution in [3.05, 3.63) is 36.7 Å². The molecule has 10 nitrogen and oxygen atoms in total. The molecule has 1 saturated carbocycles. The van der Waals surface area contributed by atoms with E-state index in [0.29, 0.717) is 34.8 Å². The lowest BCUT2D eigenvalue weighted by molar-refractivity contribution is 0.324. The third-order valence-electron chi connectivity index (χ3n) is 5.93. The second kappa shape index (κ2) is 8.85. The van der Waals surface area contributed by atoms with Crippen LogP contribution in [0.25, 0.3) is 16.7 Å². The monoisotopic (exact) mass is 463 g/mol. The predicted molar refractivity (Wildman–Crippen MR) is 129 cm³/mol. The first kappa shape index (κ1) is 22.0. The maximum absolute atomic E-state index is 5.48. The Balaban J connectivity index is 1.49. The van der Waals surface area contributed by atoms with Crippen LogP contribution in [0.1, 0.15) is 38.4 Å². The number of ether oxygens (including phenoxy) is 3. The van der Waals surface area contributed by atoms with E-state index >= 15 is 0 Å². The van der Waals surface area contributed by atoms with Gasteiger partial charge in [0.05, 0.1) is 44.8 Å². The largest absolute Gasteiger partial charge is 0.493 e. The maximum Gasteiger partial charge on any atom is 0.203 e. The van der Waals surface area contributed by atoms with Gasteiger partial charge in [-0.25, -0.2) is 19.6 Å². The second-order valence-corrected chi connectivity index (χ2v) is 8.77. The summed E-state index contributed by atoms with van der Waals surface area (Å²) in [6, 6.07) is 3.74. The number of nitrogens with one attached hydrogen (secondary N) is 1. The van der Waals surface area contributed by atoms with Gasteiger partial charge in [0.1, 0.15) is 23.8 Å². The third kappa shape index (κ3) is 4.11. The number of hydrogen-bond acceptors (Lipinski definition) is 8. The normalized spacial score (nSPS) is 13.5. The Morgan fingerprint density at radius 2 is 1.79 bits per heavy atom. The van der Waals surface area contributed by atoms with E-state index in [9.17, 15) is 0 Å². The Hall–Kier alpha value is -3.82. The second-order valence-electron chi connectivity index (χ2n) is 8.77. The van der Waals surface area contributed by atoms with Crippen molar-refractivity contribution in [3.63, 3.8) is 0 Å². The molecule has 0 unspecified atom stereocenters. The molecule has 3 aromatic heterocycles. The summed E-state index contributed by atoms with van der Waals surface area (Å²) in [4.78, 5) is 14.1. The lowest BCUT2D eigenvalue weighted by Crippen LogP contribution is -2.07. The van der Waals surface area contributed by atoms with Gasteiger partial charge >= 0.3 is 0 Å². The molecule has 4 aromatic rings. The molecule has 178 valence electrons. The van der Waals surface area contributed by atoms with Crippen LogP contribution in [0.15, 0.2) is 30.9 Å². The smallest absolute Gasteiger partial charge is 0.203 e. The van der Waals surface area contributed by atoms with Gasteiger partial charge in [-0.2, -0.15) is 5.10 Å². The van der Waals surface area contributed by atoms with Crippen LogP contribution in [-0.4, -0.2) is 50.6 Å². The quantitative estimate of drug-likeness (QED) is 0.392. The molecule has 1 fully saturated rings. The molecule has 1 aromatic carbocycles. The number of anilines is 2. The minimum absolute atomic E-state index is 0.186. The molecule has 0 aliphatic heterocycles. The summed E-state index contributed by atoms with van der Waals surface area (Å²) in [7, 11) is 4.77. The molecule has 0 bridgehead atoms. The van der Waals surface area contributed by atoms with Crippen LogP contribution in [0.5, 0.6) is 17.2 Å². The van der Waals surface area contributed by atoms with Crippen LogP contribution in [0.3, 0.4) is 0 Å². The molecular weight excluding hydrogens is 434 g/mol. The average Bonchev–Trinajstić information content (AvgIpc) is 3.38. The van der Waals surface area contributed by atoms with Gasteiger partial charge in [0, 0.05) is 24.6 Å². The van der Waals surface area contributed by atoms with Crippen molar-refractivity contribution in [2.45, 2.75) is 39.2 Å². The fourth-order valence-corrected chi connectivity index (χ4v) is 3.87. The zero-order valence-corrected chi connectivity index (χ0v) is 20.1. The van der Waals surface area contributed by atoms with Gasteiger partial charge in [0.25, 0.3) is 0 Å². The highest BCUT2D eigenvalue weighted by Gasteiger charge is 2.24. The Kier molecular flexibility index (Phi) is 5.72. The highest BCUT2D eigenvalue weighted by molar-refractivity contribution is 5.88. The first-order valence-electron chi connectivity index (χ1n) is 11.4. The Morgan fingerprint density at radius 3 is 2.41 bits per heavy atom. The Morgan fingerprint density at radius 1 is 1.06 bits per heavy atom. The van der Waals surface area contributed by atoms with Crippen LogP contribution in [0.4, 0.5) is 11.6 Å². The third-order valence-corrected chi connectivity index (χ3v) is 5.93. The minimum atomic E-state index is 0.186. The first-order chi connectivity index (χ1) is 16.5. The molecule has 10 heteroatoms. The zero-order valence-electron chi connectivity index (χ0n) is 20.1. The fraction of sp³-hybridized carbons (Fsp3) is 0.417. The number of nitrogens with zero attached hydrogens (tertiary/aromatic N) is 6.